The minimum atomic E-state index is -1.75. The van der Waals surface area contributed by atoms with E-state index in [2.05, 4.69) is 4.98 Å². The molecule has 21 heavy (non-hydrogen) atoms. The van der Waals surface area contributed by atoms with Crippen molar-refractivity contribution in [2.75, 3.05) is 7.11 Å². The molecule has 0 saturated carbocycles. The summed E-state index contributed by atoms with van der Waals surface area (Å²) in [5, 5.41) is 18.8. The van der Waals surface area contributed by atoms with Crippen molar-refractivity contribution < 1.29 is 24.3 Å². The highest BCUT2D eigenvalue weighted by Crippen LogP contribution is 2.18. The van der Waals surface area contributed by atoms with E-state index in [-0.39, 0.29) is 11.0 Å². The molecule has 2 aromatic heterocycles. The number of pyridine rings is 1. The van der Waals surface area contributed by atoms with E-state index in [0.29, 0.717) is 11.4 Å². The molecule has 112 valence electrons. The molecule has 2 heterocycles. The molecule has 0 radical (unpaired) electrons. The van der Waals surface area contributed by atoms with E-state index < -0.39 is 18.8 Å². The lowest BCUT2D eigenvalue weighted by Gasteiger charge is -2.19. The average Bonchev–Trinajstić information content (AvgIpc) is 2.75. The molecular formula is C13H17BN2O5. The van der Waals surface area contributed by atoms with Gasteiger partial charge >= 0.3 is 13.2 Å². The van der Waals surface area contributed by atoms with Crippen LogP contribution in [0.5, 0.6) is 5.88 Å². The topological polar surface area (TPSA) is 93.8 Å². The second-order valence-electron chi connectivity index (χ2n) is 5.53. The largest absolute Gasteiger partial charge is 0.492 e. The zero-order chi connectivity index (χ0) is 15.8. The minimum absolute atomic E-state index is 0.106. The van der Waals surface area contributed by atoms with Crippen molar-refractivity contribution in [1.29, 1.82) is 0 Å². The molecule has 0 bridgehead atoms. The van der Waals surface area contributed by atoms with Crippen LogP contribution in [0, 0.1) is 0 Å². The molecule has 2 aromatic rings. The van der Waals surface area contributed by atoms with Crippen molar-refractivity contribution in [3.8, 4) is 5.88 Å². The Bertz CT molecular complexity index is 675. The second kappa shape index (κ2) is 5.38. The zero-order valence-corrected chi connectivity index (χ0v) is 12.3. The molecular weight excluding hydrogens is 275 g/mol. The Balaban J connectivity index is 2.57. The van der Waals surface area contributed by atoms with E-state index in [9.17, 15) is 14.8 Å². The van der Waals surface area contributed by atoms with Crippen LogP contribution in [0.15, 0.2) is 18.3 Å². The van der Waals surface area contributed by atoms with E-state index in [1.807, 2.05) is 0 Å². The first-order valence-corrected chi connectivity index (χ1v) is 6.38. The van der Waals surface area contributed by atoms with Crippen molar-refractivity contribution in [1.82, 2.24) is 9.55 Å². The van der Waals surface area contributed by atoms with Gasteiger partial charge in [-0.2, -0.15) is 0 Å². The summed E-state index contributed by atoms with van der Waals surface area (Å²) in [5.41, 5.74) is 0.129. The molecule has 8 heteroatoms. The van der Waals surface area contributed by atoms with Gasteiger partial charge in [0.15, 0.2) is 0 Å². The lowest BCUT2D eigenvalue weighted by atomic mass is 9.82. The maximum absolute atomic E-state index is 12.2. The van der Waals surface area contributed by atoms with Gasteiger partial charge in [0.05, 0.1) is 18.1 Å². The van der Waals surface area contributed by atoms with Gasteiger partial charge in [0.1, 0.15) is 5.60 Å². The van der Waals surface area contributed by atoms with Gasteiger partial charge in [0.25, 0.3) is 0 Å². The van der Waals surface area contributed by atoms with Crippen molar-refractivity contribution in [3.05, 3.63) is 18.3 Å². The Morgan fingerprint density at radius 3 is 2.52 bits per heavy atom. The van der Waals surface area contributed by atoms with E-state index in [1.54, 1.807) is 32.9 Å². The van der Waals surface area contributed by atoms with Crippen LogP contribution in [-0.4, -0.2) is 45.5 Å². The number of nitrogens with zero attached hydrogens (tertiary/aromatic N) is 2. The van der Waals surface area contributed by atoms with E-state index in [0.717, 1.165) is 0 Å². The number of carbonyl (C=O) groups is 1. The maximum Gasteiger partial charge on any atom is 0.492 e. The SMILES string of the molecule is COc1ccc2c(n1)c(B(O)O)cn2C(=O)OC(C)(C)C. The van der Waals surface area contributed by atoms with Gasteiger partial charge in [-0.15, -0.1) is 0 Å². The van der Waals surface area contributed by atoms with Gasteiger partial charge < -0.3 is 19.5 Å². The van der Waals surface area contributed by atoms with Crippen LogP contribution in [0.4, 0.5) is 4.79 Å². The van der Waals surface area contributed by atoms with Crippen LogP contribution in [0.1, 0.15) is 20.8 Å². The molecule has 7 nitrogen and oxygen atoms in total. The summed E-state index contributed by atoms with van der Waals surface area (Å²) < 4.78 is 11.5. The van der Waals surface area contributed by atoms with E-state index in [1.165, 1.54) is 17.9 Å². The molecule has 0 aliphatic heterocycles. The summed E-state index contributed by atoms with van der Waals surface area (Å²) in [6, 6.07) is 3.19. The predicted molar refractivity (Wildman–Crippen MR) is 77.7 cm³/mol. The fourth-order valence-corrected chi connectivity index (χ4v) is 1.88. The Morgan fingerprint density at radius 1 is 1.33 bits per heavy atom. The van der Waals surface area contributed by atoms with Crippen LogP contribution in [-0.2, 0) is 4.74 Å². The first-order valence-electron chi connectivity index (χ1n) is 6.38. The van der Waals surface area contributed by atoms with Crippen LogP contribution >= 0.6 is 0 Å². The van der Waals surface area contributed by atoms with E-state index >= 15 is 0 Å². The van der Waals surface area contributed by atoms with Gasteiger partial charge in [-0.05, 0) is 26.8 Å². The average molecular weight is 292 g/mol. The molecule has 0 unspecified atom stereocenters. The van der Waals surface area contributed by atoms with Gasteiger partial charge in [0, 0.05) is 17.7 Å². The third-order valence-corrected chi connectivity index (χ3v) is 2.73. The molecule has 0 saturated heterocycles. The zero-order valence-electron chi connectivity index (χ0n) is 12.3. The van der Waals surface area contributed by atoms with Gasteiger partial charge in [-0.3, -0.25) is 4.57 Å². The molecule has 0 aliphatic carbocycles. The summed E-state index contributed by atoms with van der Waals surface area (Å²) in [4.78, 5) is 16.3. The fraction of sp³-hybridized carbons (Fsp3) is 0.385. The summed E-state index contributed by atoms with van der Waals surface area (Å²) in [7, 11) is -0.301. The summed E-state index contributed by atoms with van der Waals surface area (Å²) in [5.74, 6) is 0.311. The molecule has 0 aliphatic rings. The number of aromatic nitrogens is 2. The van der Waals surface area contributed by atoms with Gasteiger partial charge in [-0.1, -0.05) is 0 Å². The Hall–Kier alpha value is -2.06. The summed E-state index contributed by atoms with van der Waals surface area (Å²) >= 11 is 0. The number of fused-ring (bicyclic) bond motifs is 1. The lowest BCUT2D eigenvalue weighted by molar-refractivity contribution is 0.0544. The van der Waals surface area contributed by atoms with Crippen molar-refractivity contribution in [2.24, 2.45) is 0 Å². The van der Waals surface area contributed by atoms with Crippen LogP contribution in [0.3, 0.4) is 0 Å². The fourth-order valence-electron chi connectivity index (χ4n) is 1.88. The smallest absolute Gasteiger partial charge is 0.481 e. The maximum atomic E-state index is 12.2. The molecule has 0 amide bonds. The minimum Gasteiger partial charge on any atom is -0.481 e. The lowest BCUT2D eigenvalue weighted by Crippen LogP contribution is -2.30. The highest BCUT2D eigenvalue weighted by Gasteiger charge is 2.25. The molecule has 0 aromatic carbocycles. The van der Waals surface area contributed by atoms with Crippen LogP contribution < -0.4 is 10.2 Å². The quantitative estimate of drug-likeness (QED) is 0.783. The Morgan fingerprint density at radius 2 is 2.00 bits per heavy atom. The van der Waals surface area contributed by atoms with E-state index in [4.69, 9.17) is 9.47 Å². The van der Waals surface area contributed by atoms with Crippen molar-refractivity contribution in [2.45, 2.75) is 26.4 Å². The third-order valence-electron chi connectivity index (χ3n) is 2.73. The van der Waals surface area contributed by atoms with Crippen LogP contribution in [0.2, 0.25) is 0 Å². The van der Waals surface area contributed by atoms with Crippen molar-refractivity contribution in [3.63, 3.8) is 0 Å². The number of carbonyl (C=O) groups excluding carboxylic acids is 1. The number of hydrogen-bond acceptors (Lipinski definition) is 6. The van der Waals surface area contributed by atoms with Gasteiger partial charge in [-0.25, -0.2) is 9.78 Å². The highest BCUT2D eigenvalue weighted by atomic mass is 16.6. The molecule has 0 atom stereocenters. The number of methoxy groups -OCH3 is 1. The first-order chi connectivity index (χ1) is 9.73. The number of ether oxygens (including phenoxy) is 2. The summed E-state index contributed by atoms with van der Waals surface area (Å²) in [6.07, 6.45) is 0.682. The Kier molecular flexibility index (Phi) is 3.93. The monoisotopic (exact) mass is 292 g/mol. The summed E-state index contributed by atoms with van der Waals surface area (Å²) in [6.45, 7) is 5.25. The predicted octanol–water partition coefficient (Wildman–Crippen LogP) is 0.508. The normalized spacial score (nSPS) is 11.5. The molecule has 0 spiro atoms. The highest BCUT2D eigenvalue weighted by molar-refractivity contribution is 6.61. The standard InChI is InChI=1S/C13H17BN2O5/c1-13(2,3)21-12(17)16-7-8(14(18)19)11-9(16)5-6-10(15-11)20-4/h5-7,18-19H,1-4H3. The number of rotatable bonds is 2. The second-order valence-corrected chi connectivity index (χ2v) is 5.53. The van der Waals surface area contributed by atoms with Crippen LogP contribution in [0.25, 0.3) is 11.0 Å². The molecule has 0 fully saturated rings. The van der Waals surface area contributed by atoms with Crippen molar-refractivity contribution >= 4 is 29.7 Å². The number of hydrogen-bond donors (Lipinski definition) is 2. The molecule has 2 rings (SSSR count). The Labute approximate surface area is 122 Å². The first kappa shape index (κ1) is 15.3. The molecule has 2 N–H and O–H groups in total. The van der Waals surface area contributed by atoms with Gasteiger partial charge in [0.2, 0.25) is 5.88 Å². The third kappa shape index (κ3) is 3.17.